The number of amides is 2. The predicted octanol–water partition coefficient (Wildman–Crippen LogP) is 3.08. The summed E-state index contributed by atoms with van der Waals surface area (Å²) in [6, 6.07) is 6.25. The van der Waals surface area contributed by atoms with Gasteiger partial charge < -0.3 is 27.0 Å². The Morgan fingerprint density at radius 1 is 1.03 bits per heavy atom. The molecule has 2 atom stereocenters. The van der Waals surface area contributed by atoms with E-state index in [2.05, 4.69) is 26.7 Å². The molecule has 3 aliphatic rings. The van der Waals surface area contributed by atoms with E-state index in [1.165, 1.54) is 11.8 Å². The van der Waals surface area contributed by atoms with Gasteiger partial charge in [-0.05, 0) is 55.4 Å². The van der Waals surface area contributed by atoms with E-state index in [4.69, 9.17) is 11.5 Å². The largest absolute Gasteiger partial charge is 0.365 e. The molecule has 2 heterocycles. The minimum Gasteiger partial charge on any atom is -0.365 e. The average molecular weight is 478 g/mol. The Labute approximate surface area is 206 Å². The molecular formula is C26H35N7O2. The monoisotopic (exact) mass is 477 g/mol. The van der Waals surface area contributed by atoms with Gasteiger partial charge in [0.2, 0.25) is 11.9 Å². The third-order valence-electron chi connectivity index (χ3n) is 7.69. The lowest BCUT2D eigenvalue weighted by atomic mass is 9.91. The van der Waals surface area contributed by atoms with Crippen LogP contribution in [0.25, 0.3) is 0 Å². The van der Waals surface area contributed by atoms with E-state index in [-0.39, 0.29) is 29.5 Å². The molecule has 9 heteroatoms. The second-order valence-electron chi connectivity index (χ2n) is 10.1. The molecule has 2 unspecified atom stereocenters. The molecule has 35 heavy (non-hydrogen) atoms. The molecule has 2 aromatic rings. The molecule has 9 nitrogen and oxygen atoms in total. The SMILES string of the molecule is NC(=O)c1cnc(NC2CCCCC2N)nc1Nc1ccc2c(c1)CN(C(=O)C1CCCC1)CC2. The maximum atomic E-state index is 13.0. The van der Waals surface area contributed by atoms with E-state index in [0.717, 1.165) is 75.6 Å². The van der Waals surface area contributed by atoms with Crippen LogP contribution in [-0.4, -0.2) is 45.3 Å². The van der Waals surface area contributed by atoms with Crippen LogP contribution < -0.4 is 22.1 Å². The van der Waals surface area contributed by atoms with Crippen molar-refractivity contribution in [2.24, 2.45) is 17.4 Å². The van der Waals surface area contributed by atoms with E-state index in [9.17, 15) is 9.59 Å². The van der Waals surface area contributed by atoms with Gasteiger partial charge in [0, 0.05) is 43.0 Å². The number of hydrogen-bond donors (Lipinski definition) is 4. The van der Waals surface area contributed by atoms with Crippen LogP contribution in [0.1, 0.15) is 72.9 Å². The maximum absolute atomic E-state index is 13.0. The Morgan fingerprint density at radius 2 is 1.80 bits per heavy atom. The van der Waals surface area contributed by atoms with Gasteiger partial charge in [-0.1, -0.05) is 31.7 Å². The van der Waals surface area contributed by atoms with Crippen molar-refractivity contribution in [3.63, 3.8) is 0 Å². The Balaban J connectivity index is 1.34. The van der Waals surface area contributed by atoms with Crippen molar-refractivity contribution in [2.45, 2.75) is 76.4 Å². The van der Waals surface area contributed by atoms with Gasteiger partial charge in [0.1, 0.15) is 11.4 Å². The number of carbonyl (C=O) groups is 2. The van der Waals surface area contributed by atoms with E-state index in [1.807, 2.05) is 17.0 Å². The lowest BCUT2D eigenvalue weighted by molar-refractivity contribution is -0.136. The zero-order chi connectivity index (χ0) is 24.4. The standard InChI is InChI=1S/C26H35N7O2/c27-21-7-3-4-8-22(21)31-26-29-14-20(23(28)34)24(32-26)30-19-10-9-16-11-12-33(15-18(16)13-19)25(35)17-5-1-2-6-17/h9-10,13-14,17,21-22H,1-8,11-12,15,27H2,(H2,28,34)(H2,29,30,31,32). The summed E-state index contributed by atoms with van der Waals surface area (Å²) in [6.45, 7) is 1.38. The van der Waals surface area contributed by atoms with Crippen molar-refractivity contribution in [1.82, 2.24) is 14.9 Å². The quantitative estimate of drug-likeness (QED) is 0.501. The van der Waals surface area contributed by atoms with Gasteiger partial charge in [-0.3, -0.25) is 9.59 Å². The fraction of sp³-hybridized carbons (Fsp3) is 0.538. The van der Waals surface area contributed by atoms with Crippen LogP contribution in [0.5, 0.6) is 0 Å². The molecule has 1 aromatic heterocycles. The molecule has 6 N–H and O–H groups in total. The molecule has 2 saturated carbocycles. The van der Waals surface area contributed by atoms with Gasteiger partial charge in [0.25, 0.3) is 5.91 Å². The number of aromatic nitrogens is 2. The van der Waals surface area contributed by atoms with Crippen molar-refractivity contribution >= 4 is 29.3 Å². The van der Waals surface area contributed by atoms with Crippen LogP contribution >= 0.6 is 0 Å². The highest BCUT2D eigenvalue weighted by molar-refractivity contribution is 5.98. The second-order valence-corrected chi connectivity index (χ2v) is 10.1. The van der Waals surface area contributed by atoms with Crippen LogP contribution in [0.15, 0.2) is 24.4 Å². The number of nitrogens with two attached hydrogens (primary N) is 2. The van der Waals surface area contributed by atoms with Crippen LogP contribution in [0, 0.1) is 5.92 Å². The Bertz CT molecular complexity index is 1100. The van der Waals surface area contributed by atoms with Crippen molar-refractivity contribution in [1.29, 1.82) is 0 Å². The highest BCUT2D eigenvalue weighted by Crippen LogP contribution is 2.31. The van der Waals surface area contributed by atoms with Crippen molar-refractivity contribution in [3.05, 3.63) is 41.1 Å². The molecule has 0 bridgehead atoms. The highest BCUT2D eigenvalue weighted by atomic mass is 16.2. The van der Waals surface area contributed by atoms with Gasteiger partial charge in [-0.2, -0.15) is 4.98 Å². The smallest absolute Gasteiger partial charge is 0.254 e. The number of hydrogen-bond acceptors (Lipinski definition) is 7. The highest BCUT2D eigenvalue weighted by Gasteiger charge is 2.29. The zero-order valence-corrected chi connectivity index (χ0v) is 20.1. The van der Waals surface area contributed by atoms with E-state index in [1.54, 1.807) is 0 Å². The molecule has 2 aliphatic carbocycles. The lowest BCUT2D eigenvalue weighted by Gasteiger charge is -2.31. The summed E-state index contributed by atoms with van der Waals surface area (Å²) in [6.07, 6.45) is 10.8. The third-order valence-corrected chi connectivity index (χ3v) is 7.69. The van der Waals surface area contributed by atoms with E-state index in [0.29, 0.717) is 18.3 Å². The first-order valence-electron chi connectivity index (χ1n) is 12.8. The summed E-state index contributed by atoms with van der Waals surface area (Å²) in [4.78, 5) is 35.9. The minimum atomic E-state index is -0.597. The number of anilines is 3. The molecule has 5 rings (SSSR count). The first kappa shape index (κ1) is 23.5. The molecule has 186 valence electrons. The van der Waals surface area contributed by atoms with Crippen molar-refractivity contribution < 1.29 is 9.59 Å². The first-order chi connectivity index (χ1) is 17.0. The first-order valence-corrected chi connectivity index (χ1v) is 12.8. The van der Waals surface area contributed by atoms with Crippen molar-refractivity contribution in [2.75, 3.05) is 17.2 Å². The van der Waals surface area contributed by atoms with Crippen LogP contribution in [0.2, 0.25) is 0 Å². The topological polar surface area (TPSA) is 139 Å². The Hall–Kier alpha value is -3.20. The van der Waals surface area contributed by atoms with Gasteiger partial charge in [-0.25, -0.2) is 4.98 Å². The molecule has 0 radical (unpaired) electrons. The third kappa shape index (κ3) is 5.24. The number of nitrogens with zero attached hydrogens (tertiary/aromatic N) is 3. The van der Waals surface area contributed by atoms with Crippen LogP contribution in [-0.2, 0) is 17.8 Å². The molecule has 0 saturated heterocycles. The van der Waals surface area contributed by atoms with Gasteiger partial charge in [-0.15, -0.1) is 0 Å². The number of nitrogens with one attached hydrogen (secondary N) is 2. The summed E-state index contributed by atoms with van der Waals surface area (Å²) in [7, 11) is 0. The fourth-order valence-corrected chi connectivity index (χ4v) is 5.62. The molecule has 1 aliphatic heterocycles. The maximum Gasteiger partial charge on any atom is 0.254 e. The van der Waals surface area contributed by atoms with E-state index >= 15 is 0 Å². The summed E-state index contributed by atoms with van der Waals surface area (Å²) < 4.78 is 0. The predicted molar refractivity (Wildman–Crippen MR) is 135 cm³/mol. The fourth-order valence-electron chi connectivity index (χ4n) is 5.62. The van der Waals surface area contributed by atoms with Gasteiger partial charge >= 0.3 is 0 Å². The lowest BCUT2D eigenvalue weighted by Crippen LogP contribution is -2.43. The van der Waals surface area contributed by atoms with Crippen molar-refractivity contribution in [3.8, 4) is 0 Å². The molecule has 2 amide bonds. The minimum absolute atomic E-state index is 0.0510. The molecule has 2 fully saturated rings. The van der Waals surface area contributed by atoms with Crippen LogP contribution in [0.3, 0.4) is 0 Å². The molecule has 1 aromatic carbocycles. The normalized spacial score (nSPS) is 22.5. The van der Waals surface area contributed by atoms with Crippen LogP contribution in [0.4, 0.5) is 17.5 Å². The summed E-state index contributed by atoms with van der Waals surface area (Å²) in [5.74, 6) is 0.648. The molecular weight excluding hydrogens is 442 g/mol. The Kier molecular flexibility index (Phi) is 6.86. The number of benzene rings is 1. The number of carbonyl (C=O) groups excluding carboxylic acids is 2. The second kappa shape index (κ2) is 10.2. The number of primary amides is 1. The number of rotatable bonds is 6. The zero-order valence-electron chi connectivity index (χ0n) is 20.1. The number of fused-ring (bicyclic) bond motifs is 1. The molecule has 0 spiro atoms. The Morgan fingerprint density at radius 3 is 2.57 bits per heavy atom. The average Bonchev–Trinajstić information content (AvgIpc) is 3.40. The van der Waals surface area contributed by atoms with Gasteiger partial charge in [0.05, 0.1) is 0 Å². The van der Waals surface area contributed by atoms with Gasteiger partial charge in [0.15, 0.2) is 0 Å². The summed E-state index contributed by atoms with van der Waals surface area (Å²) in [5.41, 5.74) is 15.3. The summed E-state index contributed by atoms with van der Waals surface area (Å²) >= 11 is 0. The summed E-state index contributed by atoms with van der Waals surface area (Å²) in [5, 5.41) is 6.60. The van der Waals surface area contributed by atoms with E-state index < -0.39 is 5.91 Å².